The molecule has 3 aliphatic rings. The lowest BCUT2D eigenvalue weighted by Gasteiger charge is -2.43. The van der Waals surface area contributed by atoms with Gasteiger partial charge in [0.25, 0.3) is 0 Å². The Kier molecular flexibility index (Phi) is 12.2. The van der Waals surface area contributed by atoms with Crippen LogP contribution in [0.2, 0.25) is 44.3 Å². The van der Waals surface area contributed by atoms with Crippen molar-refractivity contribution in [2.24, 2.45) is 0 Å². The van der Waals surface area contributed by atoms with E-state index in [-0.39, 0.29) is 6.10 Å². The molecule has 8 nitrogen and oxygen atoms in total. The van der Waals surface area contributed by atoms with Gasteiger partial charge in [0.15, 0.2) is 16.6 Å². The third kappa shape index (κ3) is 12.5. The largest absolute Gasteiger partial charge is 0.433 e. The van der Waals surface area contributed by atoms with Crippen molar-refractivity contribution in [3.05, 3.63) is 30.3 Å². The Hall–Kier alpha value is -0.449. The zero-order chi connectivity index (χ0) is 27.6. The lowest BCUT2D eigenvalue weighted by Crippen LogP contribution is -2.63. The average molecular weight is 599 g/mol. The van der Waals surface area contributed by atoms with Crippen LogP contribution < -0.4 is 5.19 Å². The van der Waals surface area contributed by atoms with Crippen molar-refractivity contribution in [1.29, 1.82) is 0 Å². The molecule has 0 radical (unpaired) electrons. The highest BCUT2D eigenvalue weighted by molar-refractivity contribution is 6.95. The predicted octanol–water partition coefficient (Wildman–Crippen LogP) is 4.20. The van der Waals surface area contributed by atoms with Gasteiger partial charge in [-0.2, -0.15) is 0 Å². The summed E-state index contributed by atoms with van der Waals surface area (Å²) in [5.74, 6) is 0. The van der Waals surface area contributed by atoms with Gasteiger partial charge in [0.1, 0.15) is 18.3 Å². The lowest BCUT2D eigenvalue weighted by atomic mass is 10.4. The fourth-order valence-corrected chi connectivity index (χ4v) is 18.7. The maximum atomic E-state index is 7.38. The minimum Gasteiger partial charge on any atom is -0.433 e. The highest BCUT2D eigenvalue weighted by atomic mass is 28.5. The van der Waals surface area contributed by atoms with Crippen LogP contribution in [0.4, 0.5) is 0 Å². The Bertz CT molecular complexity index is 795. The normalized spacial score (nSPS) is 22.7. The zero-order valence-corrected chi connectivity index (χ0v) is 27.5. The summed E-state index contributed by atoms with van der Waals surface area (Å²) in [6, 6.07) is 13.7. The van der Waals surface area contributed by atoms with E-state index >= 15 is 0 Å². The van der Waals surface area contributed by atoms with Gasteiger partial charge >= 0.3 is 8.56 Å². The van der Waals surface area contributed by atoms with Crippen LogP contribution in [0, 0.1) is 0 Å². The first-order valence-corrected chi connectivity index (χ1v) is 23.0. The van der Waals surface area contributed by atoms with Gasteiger partial charge in [-0.15, -0.1) is 0 Å². The Morgan fingerprint density at radius 3 is 1.38 bits per heavy atom. The lowest BCUT2D eigenvalue weighted by molar-refractivity contribution is 0.115. The topological polar surface area (TPSA) is 83.7 Å². The van der Waals surface area contributed by atoms with Crippen LogP contribution in [0.3, 0.4) is 0 Å². The summed E-state index contributed by atoms with van der Waals surface area (Å²) in [5, 5.41) is 1.24. The van der Waals surface area contributed by atoms with Crippen molar-refractivity contribution >= 4 is 30.4 Å². The molecule has 4 rings (SSSR count). The average Bonchev–Trinajstić information content (AvgIpc) is 3.73. The fraction of sp³-hybridized carbons (Fsp3) is 0.786. The molecule has 0 aromatic heterocycles. The number of epoxide rings is 3. The first kappa shape index (κ1) is 31.5. The van der Waals surface area contributed by atoms with Gasteiger partial charge in [0.2, 0.25) is 0 Å². The molecule has 0 unspecified atom stereocenters. The molecular weight excluding hydrogens is 549 g/mol. The molecule has 0 saturated carbocycles. The van der Waals surface area contributed by atoms with Crippen molar-refractivity contribution in [2.75, 3.05) is 59.5 Å². The molecule has 3 saturated heterocycles. The van der Waals surface area contributed by atoms with Crippen LogP contribution in [0.1, 0.15) is 19.3 Å². The first-order valence-electron chi connectivity index (χ1n) is 14.8. The third-order valence-corrected chi connectivity index (χ3v) is 19.5. The van der Waals surface area contributed by atoms with E-state index < -0.39 is 25.2 Å². The third-order valence-electron chi connectivity index (χ3n) is 7.14. The van der Waals surface area contributed by atoms with E-state index in [0.717, 1.165) is 70.4 Å². The van der Waals surface area contributed by atoms with Crippen LogP contribution in [0.25, 0.3) is 0 Å². The van der Waals surface area contributed by atoms with E-state index in [9.17, 15) is 0 Å². The summed E-state index contributed by atoms with van der Waals surface area (Å²) < 4.78 is 48.2. The van der Waals surface area contributed by atoms with Crippen LogP contribution in [0.5, 0.6) is 0 Å². The molecule has 39 heavy (non-hydrogen) atoms. The van der Waals surface area contributed by atoms with Crippen molar-refractivity contribution in [2.45, 2.75) is 81.9 Å². The molecule has 3 aliphatic heterocycles. The molecule has 0 aliphatic carbocycles. The Labute approximate surface area is 238 Å². The number of ether oxygens (including phenoxy) is 6. The SMILES string of the molecule is C[Si](C)(CCCOC[C@@H]1CO1)O[Si](CCCOC[C@H]1CO1)(O[Si](C)(C)CCCOC[C@@H]1CO1)c1ccccc1. The van der Waals surface area contributed by atoms with Gasteiger partial charge in [-0.25, -0.2) is 0 Å². The first-order chi connectivity index (χ1) is 18.8. The molecule has 0 spiro atoms. The molecule has 0 N–H and O–H groups in total. The van der Waals surface area contributed by atoms with Gasteiger partial charge < -0.3 is 36.7 Å². The molecule has 3 heterocycles. The smallest absolute Gasteiger partial charge is 0.352 e. The Morgan fingerprint density at radius 2 is 1.00 bits per heavy atom. The zero-order valence-electron chi connectivity index (χ0n) is 24.5. The quantitative estimate of drug-likeness (QED) is 0.105. The van der Waals surface area contributed by atoms with Gasteiger partial charge in [0.05, 0.1) is 39.6 Å². The molecular formula is C28H50O8Si3. The molecule has 3 fully saturated rings. The predicted molar refractivity (Wildman–Crippen MR) is 159 cm³/mol. The van der Waals surface area contributed by atoms with Crippen molar-refractivity contribution in [3.8, 4) is 0 Å². The van der Waals surface area contributed by atoms with Gasteiger partial charge in [0, 0.05) is 19.8 Å². The standard InChI is InChI=1S/C28H50O8Si3/c1-37(2,16-8-13-29-19-25-22-32-25)35-39(28-11-6-5-7-12-28,18-10-15-31-21-27-24-34-27)36-38(3,4)17-9-14-30-20-26-23-33-26/h5-7,11-12,25-27H,8-10,13-24H2,1-4H3/t25-,26-,27+/m1/s1. The molecule has 222 valence electrons. The summed E-state index contributed by atoms with van der Waals surface area (Å²) >= 11 is 0. The van der Waals surface area contributed by atoms with Crippen LogP contribution in [0.15, 0.2) is 30.3 Å². The van der Waals surface area contributed by atoms with E-state index in [1.807, 2.05) is 0 Å². The summed E-state index contributed by atoms with van der Waals surface area (Å²) in [5.41, 5.74) is 0. The summed E-state index contributed by atoms with van der Waals surface area (Å²) in [6.07, 6.45) is 3.82. The van der Waals surface area contributed by atoms with Crippen LogP contribution in [-0.4, -0.2) is 103 Å². The monoisotopic (exact) mass is 598 g/mol. The van der Waals surface area contributed by atoms with E-state index in [0.29, 0.717) is 38.6 Å². The highest BCUT2D eigenvalue weighted by Gasteiger charge is 2.48. The number of benzene rings is 1. The second kappa shape index (κ2) is 15.1. The van der Waals surface area contributed by atoms with E-state index in [1.165, 1.54) is 5.19 Å². The van der Waals surface area contributed by atoms with Crippen molar-refractivity contribution in [3.63, 3.8) is 0 Å². The number of hydrogen-bond donors (Lipinski definition) is 0. The summed E-state index contributed by atoms with van der Waals surface area (Å²) in [4.78, 5) is 0. The maximum absolute atomic E-state index is 7.38. The fourth-order valence-electron chi connectivity index (χ4n) is 4.82. The van der Waals surface area contributed by atoms with Gasteiger partial charge in [-0.1, -0.05) is 30.3 Å². The molecule has 0 amide bonds. The van der Waals surface area contributed by atoms with E-state index in [2.05, 4.69) is 56.5 Å². The van der Waals surface area contributed by atoms with Crippen LogP contribution in [-0.2, 0) is 36.7 Å². The number of hydrogen-bond acceptors (Lipinski definition) is 8. The minimum absolute atomic E-state index is 0.286. The maximum Gasteiger partial charge on any atom is 0.352 e. The van der Waals surface area contributed by atoms with Gasteiger partial charge in [-0.05, 0) is 68.8 Å². The summed E-state index contributed by atoms with van der Waals surface area (Å²) in [7, 11) is -6.89. The molecule has 1 aromatic rings. The van der Waals surface area contributed by atoms with E-state index in [4.69, 9.17) is 36.7 Å². The van der Waals surface area contributed by atoms with Crippen LogP contribution >= 0.6 is 0 Å². The second-order valence-electron chi connectivity index (χ2n) is 12.2. The van der Waals surface area contributed by atoms with Crippen molar-refractivity contribution < 1.29 is 36.7 Å². The molecule has 11 heteroatoms. The Balaban J connectivity index is 1.40. The molecule has 0 bridgehead atoms. The minimum atomic E-state index is -2.77. The second-order valence-corrected chi connectivity index (χ2v) is 24.5. The van der Waals surface area contributed by atoms with Crippen molar-refractivity contribution in [1.82, 2.24) is 0 Å². The Morgan fingerprint density at radius 1 is 0.615 bits per heavy atom. The molecule has 3 atom stereocenters. The molecule has 1 aromatic carbocycles. The number of rotatable bonds is 23. The summed E-state index contributed by atoms with van der Waals surface area (Å²) in [6.45, 7) is 16.2. The highest BCUT2D eigenvalue weighted by Crippen LogP contribution is 2.30. The van der Waals surface area contributed by atoms with Gasteiger partial charge in [-0.3, -0.25) is 0 Å². The van der Waals surface area contributed by atoms with E-state index in [1.54, 1.807) is 0 Å².